The molecule has 0 saturated carbocycles. The third kappa shape index (κ3) is 3.09. The molecule has 3 heteroatoms. The highest BCUT2D eigenvalue weighted by molar-refractivity contribution is 6.22. The molecule has 3 aromatic heterocycles. The lowest BCUT2D eigenvalue weighted by Crippen LogP contribution is -2.02. The van der Waals surface area contributed by atoms with Gasteiger partial charge in [-0.25, -0.2) is 0 Å². The molecule has 192 valence electrons. The quantitative estimate of drug-likeness (QED) is 0.219. The molecule has 0 spiro atoms. The van der Waals surface area contributed by atoms with Crippen molar-refractivity contribution in [3.8, 4) is 17.1 Å². The molecular formula is C38H25N3. The highest BCUT2D eigenvalue weighted by atomic mass is 15.1. The minimum Gasteiger partial charge on any atom is -0.309 e. The van der Waals surface area contributed by atoms with E-state index < -0.39 is 0 Å². The fourth-order valence-electron chi connectivity index (χ4n) is 6.75. The molecule has 0 bridgehead atoms. The smallest absolute Gasteiger partial charge is 0.131 e. The summed E-state index contributed by atoms with van der Waals surface area (Å²) in [6, 6.07) is 54.6. The van der Waals surface area contributed by atoms with Gasteiger partial charge in [-0.1, -0.05) is 91.0 Å². The molecule has 41 heavy (non-hydrogen) atoms. The summed E-state index contributed by atoms with van der Waals surface area (Å²) in [5.41, 5.74) is 9.50. The van der Waals surface area contributed by atoms with Gasteiger partial charge in [0.25, 0.3) is 0 Å². The van der Waals surface area contributed by atoms with Crippen molar-refractivity contribution in [1.29, 1.82) is 0 Å². The molecule has 0 aliphatic heterocycles. The van der Waals surface area contributed by atoms with Gasteiger partial charge in [-0.3, -0.25) is 9.13 Å². The standard InChI is InChI=1S/C38H25N3/c1-2-12-26(13-3-1)40-35-20-10-6-16-31(35)37-32-17-7-11-21-36(32)41(38(37)40)28-24-22-27(23-25-28)39-33-18-8-4-14-29(33)30-15-5-9-19-34(30)39/h1-25H. The van der Waals surface area contributed by atoms with Gasteiger partial charge in [-0.05, 0) is 60.7 Å². The predicted molar refractivity (Wildman–Crippen MR) is 172 cm³/mol. The Kier molecular flexibility index (Phi) is 4.61. The van der Waals surface area contributed by atoms with Crippen LogP contribution in [0.15, 0.2) is 152 Å². The van der Waals surface area contributed by atoms with Gasteiger partial charge in [0, 0.05) is 44.0 Å². The van der Waals surface area contributed by atoms with Crippen LogP contribution >= 0.6 is 0 Å². The summed E-state index contributed by atoms with van der Waals surface area (Å²) in [5, 5.41) is 6.37. The number of benzene rings is 6. The molecule has 0 aliphatic rings. The summed E-state index contributed by atoms with van der Waals surface area (Å²) < 4.78 is 7.21. The van der Waals surface area contributed by atoms with Crippen molar-refractivity contribution in [2.45, 2.75) is 0 Å². The summed E-state index contributed by atoms with van der Waals surface area (Å²) in [6.07, 6.45) is 0. The molecule has 0 atom stereocenters. The molecule has 0 unspecified atom stereocenters. The molecule has 0 fully saturated rings. The van der Waals surface area contributed by atoms with Crippen LogP contribution in [0.4, 0.5) is 0 Å². The minimum absolute atomic E-state index is 1.14. The van der Waals surface area contributed by atoms with Crippen LogP contribution in [0.2, 0.25) is 0 Å². The largest absolute Gasteiger partial charge is 0.309 e. The number of para-hydroxylation sites is 5. The topological polar surface area (TPSA) is 14.8 Å². The Morgan fingerprint density at radius 2 is 0.610 bits per heavy atom. The normalized spacial score (nSPS) is 11.9. The van der Waals surface area contributed by atoms with Gasteiger partial charge in [0.05, 0.1) is 22.1 Å². The number of hydrogen-bond donors (Lipinski definition) is 0. The van der Waals surface area contributed by atoms with Gasteiger partial charge in [0.2, 0.25) is 0 Å². The second-order valence-electron chi connectivity index (χ2n) is 10.6. The van der Waals surface area contributed by atoms with Crippen molar-refractivity contribution < 1.29 is 0 Å². The van der Waals surface area contributed by atoms with E-state index in [9.17, 15) is 0 Å². The van der Waals surface area contributed by atoms with Crippen molar-refractivity contribution in [3.05, 3.63) is 152 Å². The lowest BCUT2D eigenvalue weighted by molar-refractivity contribution is 1.06. The summed E-state index contributed by atoms with van der Waals surface area (Å²) in [6.45, 7) is 0. The van der Waals surface area contributed by atoms with Crippen LogP contribution < -0.4 is 0 Å². The Labute approximate surface area is 236 Å². The molecule has 6 aromatic carbocycles. The summed E-state index contributed by atoms with van der Waals surface area (Å²) in [7, 11) is 0. The van der Waals surface area contributed by atoms with Crippen LogP contribution in [-0.2, 0) is 0 Å². The summed E-state index contributed by atoms with van der Waals surface area (Å²) in [4.78, 5) is 0. The first-order chi connectivity index (χ1) is 20.4. The lowest BCUT2D eigenvalue weighted by Gasteiger charge is -2.14. The minimum atomic E-state index is 1.14. The van der Waals surface area contributed by atoms with E-state index in [1.54, 1.807) is 0 Å². The van der Waals surface area contributed by atoms with E-state index in [2.05, 4.69) is 165 Å². The van der Waals surface area contributed by atoms with E-state index in [0.29, 0.717) is 0 Å². The monoisotopic (exact) mass is 523 g/mol. The van der Waals surface area contributed by atoms with Gasteiger partial charge < -0.3 is 4.57 Å². The van der Waals surface area contributed by atoms with E-state index in [4.69, 9.17) is 0 Å². The zero-order valence-electron chi connectivity index (χ0n) is 22.3. The van der Waals surface area contributed by atoms with Gasteiger partial charge in [-0.15, -0.1) is 0 Å². The molecule has 9 rings (SSSR count). The van der Waals surface area contributed by atoms with Gasteiger partial charge in [0.15, 0.2) is 0 Å². The summed E-state index contributed by atoms with van der Waals surface area (Å²) in [5.74, 6) is 0. The summed E-state index contributed by atoms with van der Waals surface area (Å²) >= 11 is 0. The molecule has 9 aromatic rings. The molecule has 0 amide bonds. The highest BCUT2D eigenvalue weighted by Gasteiger charge is 2.21. The van der Waals surface area contributed by atoms with Gasteiger partial charge in [-0.2, -0.15) is 0 Å². The van der Waals surface area contributed by atoms with Crippen LogP contribution in [-0.4, -0.2) is 13.7 Å². The van der Waals surface area contributed by atoms with E-state index in [-0.39, 0.29) is 0 Å². The SMILES string of the molecule is c1ccc(-n2c3ccccc3c3c4ccccc4n(-c4ccc(-n5c6ccccc6c6ccccc65)cc4)c32)cc1. The highest BCUT2D eigenvalue weighted by Crippen LogP contribution is 2.41. The van der Waals surface area contributed by atoms with E-state index >= 15 is 0 Å². The van der Waals surface area contributed by atoms with E-state index in [0.717, 1.165) is 17.1 Å². The second kappa shape index (κ2) is 8.48. The fraction of sp³-hybridized carbons (Fsp3) is 0. The van der Waals surface area contributed by atoms with Crippen molar-refractivity contribution >= 4 is 54.6 Å². The van der Waals surface area contributed by atoms with Crippen LogP contribution in [0.5, 0.6) is 0 Å². The Bertz CT molecular complexity index is 2350. The first kappa shape index (κ1) is 22.3. The maximum Gasteiger partial charge on any atom is 0.131 e. The number of nitrogens with zero attached hydrogens (tertiary/aromatic N) is 3. The van der Waals surface area contributed by atoms with Crippen molar-refractivity contribution in [1.82, 2.24) is 13.7 Å². The third-order valence-electron chi connectivity index (χ3n) is 8.44. The molecule has 3 nitrogen and oxygen atoms in total. The second-order valence-corrected chi connectivity index (χ2v) is 10.6. The van der Waals surface area contributed by atoms with Crippen LogP contribution in [0.3, 0.4) is 0 Å². The molecule has 0 saturated heterocycles. The third-order valence-corrected chi connectivity index (χ3v) is 8.44. The van der Waals surface area contributed by atoms with E-state index in [1.807, 2.05) is 0 Å². The zero-order chi connectivity index (χ0) is 26.9. The number of aromatic nitrogens is 3. The average molecular weight is 524 g/mol. The van der Waals surface area contributed by atoms with Crippen LogP contribution in [0.1, 0.15) is 0 Å². The fourth-order valence-corrected chi connectivity index (χ4v) is 6.75. The molecule has 0 aliphatic carbocycles. The van der Waals surface area contributed by atoms with Crippen LogP contribution in [0, 0.1) is 0 Å². The van der Waals surface area contributed by atoms with E-state index in [1.165, 1.54) is 54.6 Å². The number of rotatable bonds is 3. The maximum absolute atomic E-state index is 2.42. The first-order valence-electron chi connectivity index (χ1n) is 14.1. The molecule has 0 N–H and O–H groups in total. The van der Waals surface area contributed by atoms with Gasteiger partial charge >= 0.3 is 0 Å². The molecular weight excluding hydrogens is 498 g/mol. The Morgan fingerprint density at radius 1 is 0.268 bits per heavy atom. The zero-order valence-corrected chi connectivity index (χ0v) is 22.3. The van der Waals surface area contributed by atoms with Crippen LogP contribution in [0.25, 0.3) is 71.7 Å². The maximum atomic E-state index is 2.42. The van der Waals surface area contributed by atoms with Gasteiger partial charge in [0.1, 0.15) is 5.65 Å². The molecule has 3 heterocycles. The lowest BCUT2D eigenvalue weighted by atomic mass is 10.1. The average Bonchev–Trinajstić information content (AvgIpc) is 3.67. The number of hydrogen-bond acceptors (Lipinski definition) is 0. The Balaban J connectivity index is 1.34. The molecule has 0 radical (unpaired) electrons. The van der Waals surface area contributed by atoms with Crippen molar-refractivity contribution in [2.75, 3.05) is 0 Å². The van der Waals surface area contributed by atoms with Crippen molar-refractivity contribution in [3.63, 3.8) is 0 Å². The van der Waals surface area contributed by atoms with Crippen molar-refractivity contribution in [2.24, 2.45) is 0 Å². The Hall–Kier alpha value is -5.54. The predicted octanol–water partition coefficient (Wildman–Crippen LogP) is 9.82. The number of fused-ring (bicyclic) bond motifs is 8. The Morgan fingerprint density at radius 3 is 1.10 bits per heavy atom. The first-order valence-corrected chi connectivity index (χ1v) is 14.1.